The van der Waals surface area contributed by atoms with Crippen molar-refractivity contribution in [2.45, 2.75) is 12.3 Å². The maximum Gasteiger partial charge on any atom is 0.309 e. The third-order valence-corrected chi connectivity index (χ3v) is 4.78. The summed E-state index contributed by atoms with van der Waals surface area (Å²) in [7, 11) is 0. The van der Waals surface area contributed by atoms with Crippen molar-refractivity contribution in [2.24, 2.45) is 0 Å². The zero-order valence-electron chi connectivity index (χ0n) is 15.5. The van der Waals surface area contributed by atoms with E-state index in [2.05, 4.69) is 4.98 Å². The van der Waals surface area contributed by atoms with Crippen LogP contribution in [0.5, 0.6) is 0 Å². The van der Waals surface area contributed by atoms with Crippen LogP contribution >= 0.6 is 0 Å². The fourth-order valence-electron chi connectivity index (χ4n) is 3.49. The molecule has 0 saturated carbocycles. The first kappa shape index (κ1) is 18.6. The van der Waals surface area contributed by atoms with E-state index in [1.165, 1.54) is 12.1 Å². The molecular formula is C24H19FN2O2. The predicted octanol–water partition coefficient (Wildman–Crippen LogP) is 5.02. The second kappa shape index (κ2) is 8.10. The molecule has 0 aliphatic heterocycles. The molecule has 0 unspecified atom stereocenters. The van der Waals surface area contributed by atoms with Gasteiger partial charge in [0.2, 0.25) is 0 Å². The normalized spacial score (nSPS) is 11.0. The van der Waals surface area contributed by atoms with E-state index in [0.29, 0.717) is 22.8 Å². The summed E-state index contributed by atoms with van der Waals surface area (Å²) in [5.41, 5.74) is 3.78. The Morgan fingerprint density at radius 3 is 1.97 bits per heavy atom. The van der Waals surface area contributed by atoms with Crippen molar-refractivity contribution in [2.75, 3.05) is 0 Å². The number of nitrogens with one attached hydrogen (secondary N) is 1. The van der Waals surface area contributed by atoms with Crippen LogP contribution in [-0.4, -0.2) is 21.0 Å². The second-order valence-electron chi connectivity index (χ2n) is 6.78. The molecule has 3 aromatic carbocycles. The highest BCUT2D eigenvalue weighted by Gasteiger charge is 2.23. The summed E-state index contributed by atoms with van der Waals surface area (Å²) in [6, 6.07) is 25.8. The van der Waals surface area contributed by atoms with Gasteiger partial charge in [-0.15, -0.1) is 0 Å². The Bertz CT molecular complexity index is 1070. The van der Waals surface area contributed by atoms with Crippen molar-refractivity contribution in [3.05, 3.63) is 113 Å². The summed E-state index contributed by atoms with van der Waals surface area (Å²) in [5.74, 6) is -0.840. The van der Waals surface area contributed by atoms with Gasteiger partial charge < -0.3 is 10.1 Å². The number of imidazole rings is 1. The molecule has 0 saturated heterocycles. The van der Waals surface area contributed by atoms with Crippen molar-refractivity contribution in [3.63, 3.8) is 0 Å². The SMILES string of the molecule is O=C(O)Cc1[nH]c(C(c2ccccc2)c2ccccc2)nc1-c1ccc(F)cc1. The maximum absolute atomic E-state index is 13.4. The lowest BCUT2D eigenvalue weighted by Gasteiger charge is -2.15. The van der Waals surface area contributed by atoms with Gasteiger partial charge in [-0.05, 0) is 35.4 Å². The summed E-state index contributed by atoms with van der Waals surface area (Å²) < 4.78 is 13.4. The summed E-state index contributed by atoms with van der Waals surface area (Å²) in [6.07, 6.45) is -0.198. The van der Waals surface area contributed by atoms with Crippen molar-refractivity contribution in [1.82, 2.24) is 9.97 Å². The zero-order chi connectivity index (χ0) is 20.2. The molecule has 0 bridgehead atoms. The Balaban J connectivity index is 1.87. The van der Waals surface area contributed by atoms with Gasteiger partial charge in [-0.1, -0.05) is 60.7 Å². The Morgan fingerprint density at radius 2 is 1.45 bits per heavy atom. The molecule has 2 N–H and O–H groups in total. The number of aliphatic carboxylic acids is 1. The minimum Gasteiger partial charge on any atom is -0.481 e. The summed E-state index contributed by atoms with van der Waals surface area (Å²) in [5, 5.41) is 9.36. The molecule has 0 amide bonds. The number of hydrogen-bond donors (Lipinski definition) is 2. The zero-order valence-corrected chi connectivity index (χ0v) is 15.5. The van der Waals surface area contributed by atoms with Crippen molar-refractivity contribution >= 4 is 5.97 Å². The van der Waals surface area contributed by atoms with Crippen LogP contribution in [0.4, 0.5) is 4.39 Å². The molecule has 1 heterocycles. The van der Waals surface area contributed by atoms with Crippen LogP contribution in [0.1, 0.15) is 28.6 Å². The minimum absolute atomic E-state index is 0.181. The molecule has 0 fully saturated rings. The molecule has 4 nitrogen and oxygen atoms in total. The number of halogens is 1. The Hall–Kier alpha value is -3.73. The molecule has 0 atom stereocenters. The summed E-state index contributed by atoms with van der Waals surface area (Å²) in [6.45, 7) is 0. The number of carboxylic acid groups (broad SMARTS) is 1. The minimum atomic E-state index is -0.959. The van der Waals surface area contributed by atoms with Crippen LogP contribution < -0.4 is 0 Å². The molecule has 0 spiro atoms. The molecule has 1 aromatic heterocycles. The van der Waals surface area contributed by atoms with Gasteiger partial charge in [-0.2, -0.15) is 0 Å². The van der Waals surface area contributed by atoms with Gasteiger partial charge in [0.15, 0.2) is 0 Å². The van der Waals surface area contributed by atoms with E-state index < -0.39 is 5.97 Å². The van der Waals surface area contributed by atoms with Gasteiger partial charge in [-0.25, -0.2) is 9.37 Å². The fourth-order valence-corrected chi connectivity index (χ4v) is 3.49. The van der Waals surface area contributed by atoms with Gasteiger partial charge in [0, 0.05) is 5.56 Å². The van der Waals surface area contributed by atoms with E-state index in [4.69, 9.17) is 4.98 Å². The van der Waals surface area contributed by atoms with Crippen LogP contribution in [0.3, 0.4) is 0 Å². The molecule has 4 rings (SSSR count). The first-order valence-corrected chi connectivity index (χ1v) is 9.28. The second-order valence-corrected chi connectivity index (χ2v) is 6.78. The average Bonchev–Trinajstić information content (AvgIpc) is 3.13. The molecule has 0 radical (unpaired) electrons. The number of aromatic nitrogens is 2. The highest BCUT2D eigenvalue weighted by Crippen LogP contribution is 2.33. The number of rotatable bonds is 6. The third-order valence-electron chi connectivity index (χ3n) is 4.78. The molecule has 0 aliphatic rings. The van der Waals surface area contributed by atoms with Crippen molar-refractivity contribution < 1.29 is 14.3 Å². The van der Waals surface area contributed by atoms with Crippen molar-refractivity contribution in [1.29, 1.82) is 0 Å². The number of nitrogens with zero attached hydrogens (tertiary/aromatic N) is 1. The van der Waals surface area contributed by atoms with Crippen molar-refractivity contribution in [3.8, 4) is 11.3 Å². The van der Waals surface area contributed by atoms with Gasteiger partial charge >= 0.3 is 5.97 Å². The monoisotopic (exact) mass is 386 g/mol. The molecule has 29 heavy (non-hydrogen) atoms. The number of benzene rings is 3. The van der Waals surface area contributed by atoms with Crippen LogP contribution in [0.25, 0.3) is 11.3 Å². The smallest absolute Gasteiger partial charge is 0.309 e. The third kappa shape index (κ3) is 4.09. The van der Waals surface area contributed by atoms with E-state index >= 15 is 0 Å². The highest BCUT2D eigenvalue weighted by atomic mass is 19.1. The highest BCUT2D eigenvalue weighted by molar-refractivity contribution is 5.74. The van der Waals surface area contributed by atoms with Gasteiger partial charge in [0.25, 0.3) is 0 Å². The van der Waals surface area contributed by atoms with Gasteiger partial charge in [0.1, 0.15) is 11.6 Å². The number of hydrogen-bond acceptors (Lipinski definition) is 2. The maximum atomic E-state index is 13.4. The summed E-state index contributed by atoms with van der Waals surface area (Å²) in [4.78, 5) is 19.4. The van der Waals surface area contributed by atoms with E-state index in [9.17, 15) is 14.3 Å². The van der Waals surface area contributed by atoms with Crippen LogP contribution in [0.15, 0.2) is 84.9 Å². The molecule has 5 heteroatoms. The van der Waals surface area contributed by atoms with E-state index in [1.54, 1.807) is 12.1 Å². The topological polar surface area (TPSA) is 66.0 Å². The summed E-state index contributed by atoms with van der Waals surface area (Å²) >= 11 is 0. The number of H-pyrrole nitrogens is 1. The Labute approximate surface area is 167 Å². The van der Waals surface area contributed by atoms with E-state index in [-0.39, 0.29) is 18.2 Å². The van der Waals surface area contributed by atoms with E-state index in [0.717, 1.165) is 11.1 Å². The average molecular weight is 386 g/mol. The Morgan fingerprint density at radius 1 is 0.897 bits per heavy atom. The lowest BCUT2D eigenvalue weighted by Crippen LogP contribution is -2.06. The molecule has 4 aromatic rings. The standard InChI is InChI=1S/C24H19FN2O2/c25-19-13-11-18(12-14-19)23-20(15-21(28)29)26-24(27-23)22(16-7-3-1-4-8-16)17-9-5-2-6-10-17/h1-14,22H,15H2,(H,26,27)(H,28,29). The van der Waals surface area contributed by atoms with Crippen LogP contribution in [0, 0.1) is 5.82 Å². The quantitative estimate of drug-likeness (QED) is 0.489. The molecule has 0 aliphatic carbocycles. The lowest BCUT2D eigenvalue weighted by atomic mass is 9.91. The predicted molar refractivity (Wildman–Crippen MR) is 109 cm³/mol. The Kier molecular flexibility index (Phi) is 5.20. The number of aromatic amines is 1. The molecule has 144 valence electrons. The number of carboxylic acids is 1. The fraction of sp³-hybridized carbons (Fsp3) is 0.0833. The van der Waals surface area contributed by atoms with Gasteiger partial charge in [-0.3, -0.25) is 4.79 Å². The first-order valence-electron chi connectivity index (χ1n) is 9.28. The van der Waals surface area contributed by atoms with Crippen LogP contribution in [-0.2, 0) is 11.2 Å². The van der Waals surface area contributed by atoms with E-state index in [1.807, 2.05) is 60.7 Å². The first-order chi connectivity index (χ1) is 14.1. The molecular weight excluding hydrogens is 367 g/mol. The largest absolute Gasteiger partial charge is 0.481 e. The number of carbonyl (C=O) groups is 1. The van der Waals surface area contributed by atoms with Crippen LogP contribution in [0.2, 0.25) is 0 Å². The lowest BCUT2D eigenvalue weighted by molar-refractivity contribution is -0.136. The van der Waals surface area contributed by atoms with Gasteiger partial charge in [0.05, 0.1) is 23.7 Å².